The van der Waals surface area contributed by atoms with Gasteiger partial charge in [-0.25, -0.2) is 9.78 Å². The number of ether oxygens (including phenoxy) is 1. The van der Waals surface area contributed by atoms with Crippen molar-refractivity contribution in [2.75, 3.05) is 0 Å². The zero-order valence-corrected chi connectivity index (χ0v) is 11.1. The molecule has 1 heterocycles. The molecule has 104 valence electrons. The molecular formula is C14H14N2O4. The van der Waals surface area contributed by atoms with Crippen molar-refractivity contribution in [2.45, 2.75) is 20.5 Å². The number of aromatic amines is 1. The van der Waals surface area contributed by atoms with Crippen molar-refractivity contribution in [3.05, 3.63) is 57.3 Å². The highest BCUT2D eigenvalue weighted by atomic mass is 16.5. The van der Waals surface area contributed by atoms with Gasteiger partial charge in [0.15, 0.2) is 0 Å². The van der Waals surface area contributed by atoms with Crippen LogP contribution in [0, 0.1) is 13.8 Å². The molecule has 2 aromatic rings. The molecule has 0 amide bonds. The molecule has 0 aliphatic heterocycles. The van der Waals surface area contributed by atoms with E-state index in [0.29, 0.717) is 5.75 Å². The average Bonchev–Trinajstić information content (AvgIpc) is 2.39. The molecule has 0 spiro atoms. The molecule has 0 saturated carbocycles. The Morgan fingerprint density at radius 1 is 1.40 bits per heavy atom. The molecule has 0 radical (unpaired) electrons. The lowest BCUT2D eigenvalue weighted by Gasteiger charge is -2.09. The zero-order valence-electron chi connectivity index (χ0n) is 11.1. The minimum atomic E-state index is -1.30. The second-order valence-electron chi connectivity index (χ2n) is 4.44. The third-order valence-electron chi connectivity index (χ3n) is 2.79. The molecule has 0 bridgehead atoms. The first-order valence-electron chi connectivity index (χ1n) is 5.99. The molecule has 0 saturated heterocycles. The van der Waals surface area contributed by atoms with E-state index >= 15 is 0 Å². The Hall–Kier alpha value is -2.63. The second kappa shape index (κ2) is 5.56. The predicted octanol–water partition coefficient (Wildman–Crippen LogP) is 1.66. The molecule has 0 unspecified atom stereocenters. The SMILES string of the molecule is Cc1ccc(C)c(OCc2ncc(C(=O)O)c(=O)[nH]2)c1. The number of carboxylic acids is 1. The highest BCUT2D eigenvalue weighted by Crippen LogP contribution is 2.19. The number of carboxylic acid groups (broad SMARTS) is 1. The number of benzene rings is 1. The van der Waals surface area contributed by atoms with Gasteiger partial charge in [-0.15, -0.1) is 0 Å². The fraction of sp³-hybridized carbons (Fsp3) is 0.214. The maximum atomic E-state index is 11.5. The quantitative estimate of drug-likeness (QED) is 0.884. The van der Waals surface area contributed by atoms with Gasteiger partial charge in [0.2, 0.25) is 0 Å². The summed E-state index contributed by atoms with van der Waals surface area (Å²) in [5.41, 5.74) is 0.959. The first kappa shape index (κ1) is 13.8. The monoisotopic (exact) mass is 274 g/mol. The molecule has 1 aromatic carbocycles. The van der Waals surface area contributed by atoms with Crippen LogP contribution in [0.3, 0.4) is 0 Å². The predicted molar refractivity (Wildman–Crippen MR) is 72.1 cm³/mol. The van der Waals surface area contributed by atoms with Gasteiger partial charge in [0.25, 0.3) is 5.56 Å². The lowest BCUT2D eigenvalue weighted by molar-refractivity contribution is 0.0694. The number of aromatic nitrogens is 2. The Labute approximate surface area is 115 Å². The van der Waals surface area contributed by atoms with Crippen molar-refractivity contribution in [3.8, 4) is 5.75 Å². The van der Waals surface area contributed by atoms with Crippen LogP contribution in [-0.2, 0) is 6.61 Å². The molecular weight excluding hydrogens is 260 g/mol. The summed E-state index contributed by atoms with van der Waals surface area (Å²) >= 11 is 0. The molecule has 0 fully saturated rings. The number of hydrogen-bond donors (Lipinski definition) is 2. The van der Waals surface area contributed by atoms with Crippen LogP contribution < -0.4 is 10.3 Å². The summed E-state index contributed by atoms with van der Waals surface area (Å²) in [6.07, 6.45) is 1.03. The average molecular weight is 274 g/mol. The second-order valence-corrected chi connectivity index (χ2v) is 4.44. The summed E-state index contributed by atoms with van der Waals surface area (Å²) in [5.74, 6) is -0.323. The van der Waals surface area contributed by atoms with Gasteiger partial charge >= 0.3 is 5.97 Å². The van der Waals surface area contributed by atoms with Crippen molar-refractivity contribution in [2.24, 2.45) is 0 Å². The van der Waals surface area contributed by atoms with E-state index in [2.05, 4.69) is 9.97 Å². The van der Waals surface area contributed by atoms with Gasteiger partial charge in [-0.05, 0) is 31.0 Å². The number of nitrogens with one attached hydrogen (secondary N) is 1. The Morgan fingerprint density at radius 3 is 2.80 bits per heavy atom. The van der Waals surface area contributed by atoms with Crippen LogP contribution in [0.15, 0.2) is 29.2 Å². The van der Waals surface area contributed by atoms with Gasteiger partial charge < -0.3 is 14.8 Å². The Morgan fingerprint density at radius 2 is 2.15 bits per heavy atom. The molecule has 0 aliphatic carbocycles. The molecule has 2 N–H and O–H groups in total. The maximum absolute atomic E-state index is 11.5. The van der Waals surface area contributed by atoms with E-state index in [-0.39, 0.29) is 18.0 Å². The highest BCUT2D eigenvalue weighted by molar-refractivity contribution is 5.86. The van der Waals surface area contributed by atoms with Gasteiger partial charge in [0, 0.05) is 6.20 Å². The number of nitrogens with zero attached hydrogens (tertiary/aromatic N) is 1. The normalized spacial score (nSPS) is 10.3. The smallest absolute Gasteiger partial charge is 0.342 e. The van der Waals surface area contributed by atoms with Crippen LogP contribution in [-0.4, -0.2) is 21.0 Å². The van der Waals surface area contributed by atoms with E-state index in [4.69, 9.17) is 9.84 Å². The van der Waals surface area contributed by atoms with Crippen LogP contribution >= 0.6 is 0 Å². The lowest BCUT2D eigenvalue weighted by Crippen LogP contribution is -2.20. The first-order chi connectivity index (χ1) is 9.47. The summed E-state index contributed by atoms with van der Waals surface area (Å²) < 4.78 is 5.58. The van der Waals surface area contributed by atoms with Crippen molar-refractivity contribution in [1.29, 1.82) is 0 Å². The Bertz CT molecular complexity index is 707. The number of carbonyl (C=O) groups is 1. The molecule has 6 heteroatoms. The van der Waals surface area contributed by atoms with Gasteiger partial charge in [0.1, 0.15) is 23.7 Å². The van der Waals surface area contributed by atoms with Crippen molar-refractivity contribution in [3.63, 3.8) is 0 Å². The number of rotatable bonds is 4. The molecule has 2 rings (SSSR count). The minimum Gasteiger partial charge on any atom is -0.485 e. The summed E-state index contributed by atoms with van der Waals surface area (Å²) in [6.45, 7) is 3.94. The van der Waals surface area contributed by atoms with E-state index in [9.17, 15) is 9.59 Å². The summed E-state index contributed by atoms with van der Waals surface area (Å²) in [5, 5.41) is 8.74. The van der Waals surface area contributed by atoms with E-state index in [1.165, 1.54) is 0 Å². The van der Waals surface area contributed by atoms with Crippen LogP contribution in [0.25, 0.3) is 0 Å². The fourth-order valence-electron chi connectivity index (χ4n) is 1.67. The maximum Gasteiger partial charge on any atom is 0.342 e. The summed E-state index contributed by atoms with van der Waals surface area (Å²) in [6, 6.07) is 5.80. The summed E-state index contributed by atoms with van der Waals surface area (Å²) in [7, 11) is 0. The topological polar surface area (TPSA) is 92.3 Å². The molecule has 0 aliphatic rings. The number of aromatic carboxylic acids is 1. The largest absolute Gasteiger partial charge is 0.485 e. The van der Waals surface area contributed by atoms with Crippen molar-refractivity contribution in [1.82, 2.24) is 9.97 Å². The van der Waals surface area contributed by atoms with E-state index in [0.717, 1.165) is 17.3 Å². The standard InChI is InChI=1S/C14H14N2O4/c1-8-3-4-9(2)11(5-8)20-7-12-15-6-10(14(18)19)13(17)16-12/h3-6H,7H2,1-2H3,(H,18,19)(H,15,16,17). The highest BCUT2D eigenvalue weighted by Gasteiger charge is 2.10. The molecule has 1 aromatic heterocycles. The molecule has 20 heavy (non-hydrogen) atoms. The minimum absolute atomic E-state index is 0.0689. The van der Waals surface area contributed by atoms with Crippen LogP contribution in [0.4, 0.5) is 0 Å². The van der Waals surface area contributed by atoms with Gasteiger partial charge in [-0.1, -0.05) is 12.1 Å². The van der Waals surface area contributed by atoms with Crippen molar-refractivity contribution >= 4 is 5.97 Å². The Balaban J connectivity index is 2.15. The van der Waals surface area contributed by atoms with Gasteiger partial charge in [-0.2, -0.15) is 0 Å². The van der Waals surface area contributed by atoms with Crippen LogP contribution in [0.1, 0.15) is 27.3 Å². The summed E-state index contributed by atoms with van der Waals surface area (Å²) in [4.78, 5) is 28.4. The van der Waals surface area contributed by atoms with E-state index in [1.807, 2.05) is 32.0 Å². The fourth-order valence-corrected chi connectivity index (χ4v) is 1.67. The van der Waals surface area contributed by atoms with Gasteiger partial charge in [0.05, 0.1) is 0 Å². The lowest BCUT2D eigenvalue weighted by atomic mass is 10.1. The van der Waals surface area contributed by atoms with Crippen molar-refractivity contribution < 1.29 is 14.6 Å². The zero-order chi connectivity index (χ0) is 14.7. The first-order valence-corrected chi connectivity index (χ1v) is 5.99. The molecule has 0 atom stereocenters. The van der Waals surface area contributed by atoms with Gasteiger partial charge in [-0.3, -0.25) is 4.79 Å². The Kier molecular flexibility index (Phi) is 3.84. The van der Waals surface area contributed by atoms with Crippen LogP contribution in [0.5, 0.6) is 5.75 Å². The van der Waals surface area contributed by atoms with E-state index in [1.54, 1.807) is 0 Å². The number of aryl methyl sites for hydroxylation is 2. The van der Waals surface area contributed by atoms with Crippen LogP contribution in [0.2, 0.25) is 0 Å². The van der Waals surface area contributed by atoms with E-state index < -0.39 is 11.5 Å². The number of hydrogen-bond acceptors (Lipinski definition) is 4. The number of H-pyrrole nitrogens is 1. The molecule has 6 nitrogen and oxygen atoms in total. The third-order valence-corrected chi connectivity index (χ3v) is 2.79. The third kappa shape index (κ3) is 3.03.